The zero-order valence-electron chi connectivity index (χ0n) is 17.6. The van der Waals surface area contributed by atoms with Crippen molar-refractivity contribution in [1.29, 1.82) is 5.26 Å². The van der Waals surface area contributed by atoms with Gasteiger partial charge < -0.3 is 9.73 Å². The molecule has 2 fully saturated rings. The van der Waals surface area contributed by atoms with Crippen molar-refractivity contribution in [2.24, 2.45) is 0 Å². The van der Waals surface area contributed by atoms with E-state index in [0.29, 0.717) is 29.8 Å². The van der Waals surface area contributed by atoms with Crippen LogP contribution < -0.4 is 5.32 Å². The lowest BCUT2D eigenvalue weighted by Gasteiger charge is -2.28. The molecule has 0 radical (unpaired) electrons. The Morgan fingerprint density at radius 1 is 1.12 bits per heavy atom. The smallest absolute Gasteiger partial charge is 0.232 e. The zero-order valence-corrected chi connectivity index (χ0v) is 17.6. The van der Waals surface area contributed by atoms with E-state index in [1.54, 1.807) is 0 Å². The maximum atomic E-state index is 14.6. The van der Waals surface area contributed by atoms with E-state index in [9.17, 15) is 14.0 Å². The molecule has 1 aliphatic carbocycles. The molecule has 7 heteroatoms. The van der Waals surface area contributed by atoms with E-state index in [1.165, 1.54) is 17.7 Å². The molecule has 5 rings (SSSR count). The van der Waals surface area contributed by atoms with Gasteiger partial charge in [-0.2, -0.15) is 5.26 Å². The Morgan fingerprint density at radius 2 is 1.91 bits per heavy atom. The highest BCUT2D eigenvalue weighted by atomic mass is 19.1. The minimum absolute atomic E-state index is 0.156. The third kappa shape index (κ3) is 4.11. The highest BCUT2D eigenvalue weighted by Gasteiger charge is 2.43. The molecule has 1 saturated heterocycles. The molecular weight excluding hydrogens is 410 g/mol. The summed E-state index contributed by atoms with van der Waals surface area (Å²) in [6.45, 7) is 2.02. The topological polar surface area (TPSA) is 65.1 Å². The quantitative estimate of drug-likeness (QED) is 0.543. The van der Waals surface area contributed by atoms with Crippen LogP contribution in [0.25, 0.3) is 0 Å². The van der Waals surface area contributed by atoms with Crippen molar-refractivity contribution in [3.8, 4) is 6.07 Å². The molecule has 3 atom stereocenters. The number of hydrogen-bond donors (Lipinski definition) is 1. The second-order valence-electron chi connectivity index (χ2n) is 8.51. The largest absolute Gasteiger partial charge is 0.424 e. The van der Waals surface area contributed by atoms with Gasteiger partial charge in [-0.25, -0.2) is 13.8 Å². The molecule has 2 aromatic carbocycles. The van der Waals surface area contributed by atoms with E-state index in [2.05, 4.69) is 33.4 Å². The summed E-state index contributed by atoms with van der Waals surface area (Å²) in [5, 5.41) is 12.7. The SMILES string of the molecule is N#Cc1nc([C@@H]2C[C@H]2c2ccccc2)oc1NC[C@H](c1ccc(F)cc1F)N1CCCC1. The second-order valence-corrected chi connectivity index (χ2v) is 8.51. The Kier molecular flexibility index (Phi) is 5.62. The third-order valence-electron chi connectivity index (χ3n) is 6.44. The second kappa shape index (κ2) is 8.71. The number of benzene rings is 2. The molecule has 5 nitrogen and oxygen atoms in total. The number of rotatable bonds is 7. The summed E-state index contributed by atoms with van der Waals surface area (Å²) in [6.07, 6.45) is 3.02. The van der Waals surface area contributed by atoms with Gasteiger partial charge in [0, 0.05) is 24.1 Å². The Morgan fingerprint density at radius 3 is 2.62 bits per heavy atom. The van der Waals surface area contributed by atoms with Crippen LogP contribution in [0.15, 0.2) is 52.9 Å². The predicted molar refractivity (Wildman–Crippen MR) is 116 cm³/mol. The lowest BCUT2D eigenvalue weighted by atomic mass is 10.0. The van der Waals surface area contributed by atoms with Crippen LogP contribution in [0.4, 0.5) is 14.7 Å². The number of halogens is 2. The first-order chi connectivity index (χ1) is 15.6. The summed E-state index contributed by atoms with van der Waals surface area (Å²) in [5.74, 6) is 0.218. The van der Waals surface area contributed by atoms with Crippen molar-refractivity contribution in [2.75, 3.05) is 25.0 Å². The molecule has 0 spiro atoms. The molecule has 1 aliphatic heterocycles. The number of nitrogens with zero attached hydrogens (tertiary/aromatic N) is 3. The monoisotopic (exact) mass is 434 g/mol. The van der Waals surface area contributed by atoms with E-state index in [0.717, 1.165) is 38.4 Å². The van der Waals surface area contributed by atoms with Crippen molar-refractivity contribution in [3.05, 3.63) is 82.9 Å². The van der Waals surface area contributed by atoms with Crippen molar-refractivity contribution in [2.45, 2.75) is 37.1 Å². The van der Waals surface area contributed by atoms with Gasteiger partial charge in [-0.3, -0.25) is 4.90 Å². The Hall–Kier alpha value is -3.24. The van der Waals surface area contributed by atoms with E-state index in [-0.39, 0.29) is 17.7 Å². The Balaban J connectivity index is 1.34. The van der Waals surface area contributed by atoms with Gasteiger partial charge in [0.05, 0.1) is 6.04 Å². The summed E-state index contributed by atoms with van der Waals surface area (Å²) in [7, 11) is 0. The molecular formula is C25H24F2N4O. The van der Waals surface area contributed by atoms with Crippen LogP contribution in [0, 0.1) is 23.0 Å². The average Bonchev–Trinajstić information content (AvgIpc) is 3.22. The van der Waals surface area contributed by atoms with Gasteiger partial charge in [0.2, 0.25) is 17.5 Å². The summed E-state index contributed by atoms with van der Waals surface area (Å²) >= 11 is 0. The average molecular weight is 434 g/mol. The van der Waals surface area contributed by atoms with Crippen molar-refractivity contribution in [3.63, 3.8) is 0 Å². The number of oxazole rings is 1. The minimum Gasteiger partial charge on any atom is -0.424 e. The molecule has 1 aromatic heterocycles. The van der Waals surface area contributed by atoms with Gasteiger partial charge in [0.15, 0.2) is 0 Å². The van der Waals surface area contributed by atoms with Crippen LogP contribution in [0.1, 0.15) is 59.9 Å². The van der Waals surface area contributed by atoms with Crippen LogP contribution in [0.3, 0.4) is 0 Å². The van der Waals surface area contributed by atoms with Crippen molar-refractivity contribution >= 4 is 5.88 Å². The molecule has 164 valence electrons. The Labute approximate surface area is 185 Å². The van der Waals surface area contributed by atoms with E-state index in [4.69, 9.17) is 4.42 Å². The number of nitrogens with one attached hydrogen (secondary N) is 1. The molecule has 0 amide bonds. The number of aromatic nitrogens is 1. The maximum Gasteiger partial charge on any atom is 0.232 e. The molecule has 0 unspecified atom stereocenters. The normalized spacial score (nSPS) is 21.3. The van der Waals surface area contributed by atoms with Gasteiger partial charge in [-0.1, -0.05) is 36.4 Å². The third-order valence-corrected chi connectivity index (χ3v) is 6.44. The minimum atomic E-state index is -0.594. The van der Waals surface area contributed by atoms with E-state index >= 15 is 0 Å². The summed E-state index contributed by atoms with van der Waals surface area (Å²) < 4.78 is 34.0. The first-order valence-electron chi connectivity index (χ1n) is 11.0. The van der Waals surface area contributed by atoms with Crippen LogP contribution in [0.2, 0.25) is 0 Å². The van der Waals surface area contributed by atoms with Gasteiger partial charge in [-0.15, -0.1) is 0 Å². The molecule has 32 heavy (non-hydrogen) atoms. The number of likely N-dealkylation sites (tertiary alicyclic amines) is 1. The fraction of sp³-hybridized carbons (Fsp3) is 0.360. The number of hydrogen-bond acceptors (Lipinski definition) is 5. The fourth-order valence-electron chi connectivity index (χ4n) is 4.68. The summed E-state index contributed by atoms with van der Waals surface area (Å²) in [5.41, 5.74) is 1.88. The van der Waals surface area contributed by atoms with Crippen molar-refractivity contribution < 1.29 is 13.2 Å². The highest BCUT2D eigenvalue weighted by molar-refractivity contribution is 5.47. The predicted octanol–water partition coefficient (Wildman–Crippen LogP) is 5.34. The highest BCUT2D eigenvalue weighted by Crippen LogP contribution is 2.54. The molecule has 2 heterocycles. The zero-order chi connectivity index (χ0) is 22.1. The number of anilines is 1. The van der Waals surface area contributed by atoms with Gasteiger partial charge in [-0.05, 0) is 49.9 Å². The van der Waals surface area contributed by atoms with Gasteiger partial charge in [0.1, 0.15) is 17.7 Å². The van der Waals surface area contributed by atoms with Crippen LogP contribution in [0.5, 0.6) is 0 Å². The van der Waals surface area contributed by atoms with E-state index in [1.807, 2.05) is 18.2 Å². The summed E-state index contributed by atoms with van der Waals surface area (Å²) in [6, 6.07) is 15.7. The molecule has 1 saturated carbocycles. The maximum absolute atomic E-state index is 14.6. The fourth-order valence-corrected chi connectivity index (χ4v) is 4.68. The molecule has 2 aliphatic rings. The molecule has 1 N–H and O–H groups in total. The number of nitriles is 1. The first kappa shape index (κ1) is 20.7. The van der Waals surface area contributed by atoms with Gasteiger partial charge >= 0.3 is 0 Å². The van der Waals surface area contributed by atoms with Crippen LogP contribution >= 0.6 is 0 Å². The lowest BCUT2D eigenvalue weighted by molar-refractivity contribution is 0.249. The van der Waals surface area contributed by atoms with Crippen molar-refractivity contribution in [1.82, 2.24) is 9.88 Å². The Bertz CT molecular complexity index is 1130. The van der Waals surface area contributed by atoms with Gasteiger partial charge in [0.25, 0.3) is 0 Å². The lowest BCUT2D eigenvalue weighted by Crippen LogP contribution is -2.31. The first-order valence-corrected chi connectivity index (χ1v) is 11.0. The standard InChI is InChI=1S/C25H24F2N4O/c26-17-8-9-18(21(27)12-17)23(31-10-4-5-11-31)15-29-25-22(14-28)30-24(32-25)20-13-19(20)16-6-2-1-3-7-16/h1-3,6-9,12,19-20,23,29H,4-5,10-11,13,15H2/t19-,20+,23+/m0/s1. The molecule has 0 bridgehead atoms. The summed E-state index contributed by atoms with van der Waals surface area (Å²) in [4.78, 5) is 6.60. The van der Waals surface area contributed by atoms with Crippen LogP contribution in [-0.4, -0.2) is 29.5 Å². The van der Waals surface area contributed by atoms with E-state index < -0.39 is 11.6 Å². The van der Waals surface area contributed by atoms with Crippen LogP contribution in [-0.2, 0) is 0 Å². The molecule has 3 aromatic rings.